The van der Waals surface area contributed by atoms with Crippen molar-refractivity contribution in [3.63, 3.8) is 0 Å². The van der Waals surface area contributed by atoms with E-state index in [9.17, 15) is 14.7 Å². The van der Waals surface area contributed by atoms with Gasteiger partial charge in [-0.1, -0.05) is 17.7 Å². The van der Waals surface area contributed by atoms with Crippen molar-refractivity contribution in [1.29, 1.82) is 0 Å². The molecule has 1 aliphatic heterocycles. The monoisotopic (exact) mass is 432 g/mol. The van der Waals surface area contributed by atoms with Crippen molar-refractivity contribution in [1.82, 2.24) is 4.90 Å². The number of amidine groups is 1. The van der Waals surface area contributed by atoms with Gasteiger partial charge in [0.2, 0.25) is 0 Å². The molecule has 0 unspecified atom stereocenters. The number of hydrogen-bond donors (Lipinski definition) is 2. The second kappa shape index (κ2) is 8.59. The Morgan fingerprint density at radius 2 is 2.10 bits per heavy atom. The Hall–Kier alpha value is -2.97. The first-order valence-corrected chi connectivity index (χ1v) is 9.74. The summed E-state index contributed by atoms with van der Waals surface area (Å²) in [5.74, 6) is -1.23. The molecular formula is C20H17ClN2O5S. The largest absolute Gasteiger partial charge is 0.503 e. The minimum atomic E-state index is -1.05. The number of aromatic hydroxyl groups is 1. The molecule has 7 nitrogen and oxygen atoms in total. The highest BCUT2D eigenvalue weighted by Crippen LogP contribution is 2.38. The molecule has 2 N–H and O–H groups in total. The van der Waals surface area contributed by atoms with E-state index in [0.717, 1.165) is 11.8 Å². The summed E-state index contributed by atoms with van der Waals surface area (Å²) in [5.41, 5.74) is 1.14. The van der Waals surface area contributed by atoms with Crippen LogP contribution in [0, 0.1) is 0 Å². The van der Waals surface area contributed by atoms with Crippen molar-refractivity contribution < 1.29 is 24.5 Å². The molecular weight excluding hydrogens is 416 g/mol. The van der Waals surface area contributed by atoms with Crippen LogP contribution < -0.4 is 4.74 Å². The average Bonchev–Trinajstić information content (AvgIpc) is 2.94. The van der Waals surface area contributed by atoms with Gasteiger partial charge in [-0.15, -0.1) is 0 Å². The van der Waals surface area contributed by atoms with E-state index < -0.39 is 5.97 Å². The van der Waals surface area contributed by atoms with Crippen LogP contribution in [0.4, 0.5) is 5.69 Å². The SMILES string of the molecule is CCOc1cc(/C=C2\SC(=Nc3cccc(C(=O)O)c3)N(C)C2=O)cc(Cl)c1O. The Morgan fingerprint density at radius 3 is 2.79 bits per heavy atom. The number of phenolic OH excluding ortho intramolecular Hbond substituents is 1. The molecule has 1 amide bonds. The molecule has 150 valence electrons. The number of rotatable bonds is 5. The summed E-state index contributed by atoms with van der Waals surface area (Å²) in [4.78, 5) is 29.9. The predicted octanol–water partition coefficient (Wildman–Crippen LogP) is 4.38. The fourth-order valence-corrected chi connectivity index (χ4v) is 3.77. The van der Waals surface area contributed by atoms with E-state index in [4.69, 9.17) is 21.4 Å². The zero-order valence-electron chi connectivity index (χ0n) is 15.5. The maximum Gasteiger partial charge on any atom is 0.335 e. The minimum Gasteiger partial charge on any atom is -0.503 e. The van der Waals surface area contributed by atoms with Gasteiger partial charge in [0.25, 0.3) is 5.91 Å². The van der Waals surface area contributed by atoms with E-state index >= 15 is 0 Å². The molecule has 0 saturated carbocycles. The standard InChI is InChI=1S/C20H17ClN2O5S/c1-3-28-15-8-11(7-14(21)17(15)24)9-16-18(25)23(2)20(29-16)22-13-6-4-5-12(10-13)19(26)27/h4-10,24H,3H2,1-2H3,(H,26,27)/b16-9-,22-20?. The van der Waals surface area contributed by atoms with E-state index in [1.165, 1.54) is 23.1 Å². The number of likely N-dealkylation sites (N-methyl/N-ethyl adjacent to an activating group) is 1. The number of phenols is 1. The fourth-order valence-electron chi connectivity index (χ4n) is 2.56. The van der Waals surface area contributed by atoms with Gasteiger partial charge >= 0.3 is 5.97 Å². The number of ether oxygens (including phenoxy) is 1. The highest BCUT2D eigenvalue weighted by atomic mass is 35.5. The molecule has 0 atom stereocenters. The highest BCUT2D eigenvalue weighted by Gasteiger charge is 2.30. The van der Waals surface area contributed by atoms with Crippen LogP contribution in [0.15, 0.2) is 46.3 Å². The smallest absolute Gasteiger partial charge is 0.335 e. The molecule has 1 fully saturated rings. The van der Waals surface area contributed by atoms with Gasteiger partial charge < -0.3 is 14.9 Å². The molecule has 0 bridgehead atoms. The van der Waals surface area contributed by atoms with Crippen LogP contribution in [0.3, 0.4) is 0 Å². The number of carboxylic acids is 1. The molecule has 2 aromatic rings. The van der Waals surface area contributed by atoms with E-state index in [0.29, 0.717) is 27.9 Å². The van der Waals surface area contributed by atoms with E-state index in [1.807, 2.05) is 0 Å². The zero-order chi connectivity index (χ0) is 21.1. The fraction of sp³-hybridized carbons (Fsp3) is 0.150. The van der Waals surface area contributed by atoms with Crippen molar-refractivity contribution in [2.24, 2.45) is 4.99 Å². The summed E-state index contributed by atoms with van der Waals surface area (Å²) in [6.45, 7) is 2.14. The van der Waals surface area contributed by atoms with Crippen molar-refractivity contribution >= 4 is 52.2 Å². The number of halogens is 1. The van der Waals surface area contributed by atoms with Gasteiger partial charge in [-0.3, -0.25) is 9.69 Å². The summed E-state index contributed by atoms with van der Waals surface area (Å²) >= 11 is 7.20. The van der Waals surface area contributed by atoms with E-state index in [1.54, 1.807) is 38.2 Å². The number of carbonyl (C=O) groups is 2. The van der Waals surface area contributed by atoms with Crippen molar-refractivity contribution in [3.05, 3.63) is 57.5 Å². The normalized spacial score (nSPS) is 16.7. The third-order valence-electron chi connectivity index (χ3n) is 3.97. The summed E-state index contributed by atoms with van der Waals surface area (Å²) in [5, 5.41) is 19.6. The summed E-state index contributed by atoms with van der Waals surface area (Å²) in [6.07, 6.45) is 1.63. The van der Waals surface area contributed by atoms with E-state index in [-0.39, 0.29) is 28.0 Å². The van der Waals surface area contributed by atoms with Gasteiger partial charge in [0.05, 0.1) is 27.8 Å². The van der Waals surface area contributed by atoms with Crippen LogP contribution in [0.5, 0.6) is 11.5 Å². The van der Waals surface area contributed by atoms with Gasteiger partial charge in [-0.25, -0.2) is 9.79 Å². The minimum absolute atomic E-state index is 0.113. The number of carbonyl (C=O) groups excluding carboxylic acids is 1. The Kier molecular flexibility index (Phi) is 6.14. The number of carboxylic acid groups (broad SMARTS) is 1. The average molecular weight is 433 g/mol. The molecule has 0 aliphatic carbocycles. The lowest BCUT2D eigenvalue weighted by molar-refractivity contribution is -0.121. The molecule has 29 heavy (non-hydrogen) atoms. The van der Waals surface area contributed by atoms with Crippen LogP contribution in [-0.4, -0.2) is 45.8 Å². The predicted molar refractivity (Wildman–Crippen MR) is 113 cm³/mol. The number of amides is 1. The van der Waals surface area contributed by atoms with Crippen LogP contribution in [0.2, 0.25) is 5.02 Å². The highest BCUT2D eigenvalue weighted by molar-refractivity contribution is 8.18. The molecule has 2 aromatic carbocycles. The van der Waals surface area contributed by atoms with Gasteiger partial charge in [0.1, 0.15) is 0 Å². The lowest BCUT2D eigenvalue weighted by Crippen LogP contribution is -2.23. The molecule has 9 heteroatoms. The molecule has 1 heterocycles. The second-order valence-electron chi connectivity index (χ2n) is 6.01. The van der Waals surface area contributed by atoms with Crippen LogP contribution >= 0.6 is 23.4 Å². The summed E-state index contributed by atoms with van der Waals surface area (Å²) < 4.78 is 5.36. The first-order chi connectivity index (χ1) is 13.8. The molecule has 0 aromatic heterocycles. The maximum absolute atomic E-state index is 12.6. The number of thioether (sulfide) groups is 1. The Balaban J connectivity index is 1.93. The van der Waals surface area contributed by atoms with Crippen molar-refractivity contribution in [2.75, 3.05) is 13.7 Å². The van der Waals surface area contributed by atoms with Crippen molar-refractivity contribution in [2.45, 2.75) is 6.92 Å². The third-order valence-corrected chi connectivity index (χ3v) is 5.32. The molecule has 0 spiro atoms. The molecule has 1 saturated heterocycles. The van der Waals surface area contributed by atoms with Crippen LogP contribution in [0.25, 0.3) is 6.08 Å². The first-order valence-electron chi connectivity index (χ1n) is 8.55. The van der Waals surface area contributed by atoms with Gasteiger partial charge in [0.15, 0.2) is 16.7 Å². The van der Waals surface area contributed by atoms with Gasteiger partial charge in [-0.05, 0) is 60.7 Å². The number of nitrogens with zero attached hydrogens (tertiary/aromatic N) is 2. The Morgan fingerprint density at radius 1 is 1.34 bits per heavy atom. The number of hydrogen-bond acceptors (Lipinski definition) is 6. The van der Waals surface area contributed by atoms with E-state index in [2.05, 4.69) is 4.99 Å². The molecule has 3 rings (SSSR count). The van der Waals surface area contributed by atoms with Crippen molar-refractivity contribution in [3.8, 4) is 11.5 Å². The van der Waals surface area contributed by atoms with Crippen LogP contribution in [0.1, 0.15) is 22.8 Å². The summed E-state index contributed by atoms with van der Waals surface area (Å²) in [6, 6.07) is 9.29. The molecule has 0 radical (unpaired) electrons. The topological polar surface area (TPSA) is 99.4 Å². The lowest BCUT2D eigenvalue weighted by Gasteiger charge is -2.08. The summed E-state index contributed by atoms with van der Waals surface area (Å²) in [7, 11) is 1.59. The third kappa shape index (κ3) is 4.55. The lowest BCUT2D eigenvalue weighted by atomic mass is 10.2. The Labute approximate surface area is 176 Å². The maximum atomic E-state index is 12.6. The van der Waals surface area contributed by atoms with Gasteiger partial charge in [0, 0.05) is 7.05 Å². The Bertz CT molecular complexity index is 1050. The van der Waals surface area contributed by atoms with Crippen LogP contribution in [-0.2, 0) is 4.79 Å². The number of aromatic carboxylic acids is 1. The first kappa shape index (κ1) is 20.8. The molecule has 1 aliphatic rings. The number of benzene rings is 2. The van der Waals surface area contributed by atoms with Gasteiger partial charge in [-0.2, -0.15) is 0 Å². The second-order valence-corrected chi connectivity index (χ2v) is 7.42. The number of aliphatic imine (C=N–C) groups is 1. The quantitative estimate of drug-likeness (QED) is 0.680. The zero-order valence-corrected chi connectivity index (χ0v) is 17.1.